The lowest BCUT2D eigenvalue weighted by molar-refractivity contribution is 0.0830. The SMILES string of the molecule is CN(C)C(=O)c1sc2ncccc2c1[C@@H]1CCCN(Cc2cccnc2)C1. The van der Waals surface area contributed by atoms with Gasteiger partial charge in [-0.15, -0.1) is 11.3 Å². The monoisotopic (exact) mass is 380 g/mol. The zero-order valence-electron chi connectivity index (χ0n) is 15.8. The molecule has 0 aliphatic carbocycles. The Balaban J connectivity index is 1.66. The molecule has 3 aromatic rings. The molecule has 1 saturated heterocycles. The number of hydrogen-bond donors (Lipinski definition) is 0. The summed E-state index contributed by atoms with van der Waals surface area (Å²) in [6.07, 6.45) is 7.80. The van der Waals surface area contributed by atoms with Crippen LogP contribution in [0, 0.1) is 0 Å². The van der Waals surface area contributed by atoms with E-state index in [1.807, 2.05) is 44.8 Å². The maximum absolute atomic E-state index is 12.8. The minimum Gasteiger partial charge on any atom is -0.344 e. The predicted octanol–water partition coefficient (Wildman–Crippen LogP) is 3.77. The highest BCUT2D eigenvalue weighted by atomic mass is 32.1. The smallest absolute Gasteiger partial charge is 0.263 e. The fourth-order valence-electron chi connectivity index (χ4n) is 3.90. The Hall–Kier alpha value is -2.31. The van der Waals surface area contributed by atoms with Crippen LogP contribution in [0.15, 0.2) is 42.9 Å². The highest BCUT2D eigenvalue weighted by Crippen LogP contribution is 2.39. The summed E-state index contributed by atoms with van der Waals surface area (Å²) in [5.41, 5.74) is 2.43. The molecule has 6 heteroatoms. The van der Waals surface area contributed by atoms with Crippen LogP contribution in [0.1, 0.15) is 39.6 Å². The van der Waals surface area contributed by atoms with Crippen molar-refractivity contribution in [3.63, 3.8) is 0 Å². The van der Waals surface area contributed by atoms with Crippen molar-refractivity contribution in [2.24, 2.45) is 0 Å². The second kappa shape index (κ2) is 7.74. The van der Waals surface area contributed by atoms with Gasteiger partial charge in [0.15, 0.2) is 0 Å². The molecule has 0 radical (unpaired) electrons. The van der Waals surface area contributed by atoms with E-state index in [0.717, 1.165) is 47.6 Å². The van der Waals surface area contributed by atoms with E-state index in [1.54, 1.807) is 4.90 Å². The van der Waals surface area contributed by atoms with Gasteiger partial charge in [0, 0.05) is 51.2 Å². The summed E-state index contributed by atoms with van der Waals surface area (Å²) < 4.78 is 0. The third-order valence-electron chi connectivity index (χ3n) is 5.15. The maximum atomic E-state index is 12.8. The van der Waals surface area contributed by atoms with Crippen molar-refractivity contribution >= 4 is 27.5 Å². The van der Waals surface area contributed by atoms with Crippen molar-refractivity contribution in [3.05, 3.63) is 58.9 Å². The van der Waals surface area contributed by atoms with Gasteiger partial charge in [-0.3, -0.25) is 14.7 Å². The summed E-state index contributed by atoms with van der Waals surface area (Å²) >= 11 is 1.53. The van der Waals surface area contributed by atoms with Crippen molar-refractivity contribution in [1.29, 1.82) is 0 Å². The molecule has 0 saturated carbocycles. The van der Waals surface area contributed by atoms with E-state index in [0.29, 0.717) is 5.92 Å². The first-order chi connectivity index (χ1) is 13.1. The third-order valence-corrected chi connectivity index (χ3v) is 6.27. The van der Waals surface area contributed by atoms with Crippen molar-refractivity contribution in [2.75, 3.05) is 27.2 Å². The lowest BCUT2D eigenvalue weighted by atomic mass is 9.88. The van der Waals surface area contributed by atoms with Crippen LogP contribution in [0.2, 0.25) is 0 Å². The maximum Gasteiger partial charge on any atom is 0.263 e. The zero-order chi connectivity index (χ0) is 18.8. The number of carbonyl (C=O) groups is 1. The number of fused-ring (bicyclic) bond motifs is 1. The molecule has 1 aliphatic heterocycles. The minimum atomic E-state index is 0.0809. The number of rotatable bonds is 4. The van der Waals surface area contributed by atoms with Gasteiger partial charge in [-0.2, -0.15) is 0 Å². The summed E-state index contributed by atoms with van der Waals surface area (Å²) in [6, 6.07) is 8.20. The van der Waals surface area contributed by atoms with Crippen LogP contribution in [-0.2, 0) is 6.54 Å². The van der Waals surface area contributed by atoms with Gasteiger partial charge in [0.05, 0.1) is 4.88 Å². The second-order valence-corrected chi connectivity index (χ2v) is 8.34. The number of nitrogens with zero attached hydrogens (tertiary/aromatic N) is 4. The summed E-state index contributed by atoms with van der Waals surface area (Å²) in [4.78, 5) is 27.5. The Morgan fingerprint density at radius 1 is 1.30 bits per heavy atom. The van der Waals surface area contributed by atoms with E-state index in [2.05, 4.69) is 27.0 Å². The first-order valence-corrected chi connectivity index (χ1v) is 10.2. The van der Waals surface area contributed by atoms with E-state index >= 15 is 0 Å². The molecule has 1 amide bonds. The molecule has 4 rings (SSSR count). The quantitative estimate of drug-likeness (QED) is 0.691. The minimum absolute atomic E-state index is 0.0809. The molecule has 1 fully saturated rings. The van der Waals surface area contributed by atoms with Gasteiger partial charge in [-0.1, -0.05) is 12.1 Å². The topological polar surface area (TPSA) is 49.3 Å². The Kier molecular flexibility index (Phi) is 5.18. The van der Waals surface area contributed by atoms with Crippen molar-refractivity contribution in [1.82, 2.24) is 19.8 Å². The Morgan fingerprint density at radius 2 is 2.15 bits per heavy atom. The second-order valence-electron chi connectivity index (χ2n) is 7.34. The zero-order valence-corrected chi connectivity index (χ0v) is 16.6. The fraction of sp³-hybridized carbons (Fsp3) is 0.381. The highest BCUT2D eigenvalue weighted by Gasteiger charge is 2.29. The van der Waals surface area contributed by atoms with Crippen LogP contribution >= 0.6 is 11.3 Å². The normalized spacial score (nSPS) is 17.9. The molecule has 0 aromatic carbocycles. The van der Waals surface area contributed by atoms with Crippen LogP contribution in [0.25, 0.3) is 10.2 Å². The van der Waals surface area contributed by atoms with E-state index in [1.165, 1.54) is 22.5 Å². The van der Waals surface area contributed by atoms with E-state index in [-0.39, 0.29) is 5.91 Å². The van der Waals surface area contributed by atoms with Gasteiger partial charge in [-0.05, 0) is 48.6 Å². The number of likely N-dealkylation sites (tertiary alicyclic amines) is 1. The average Bonchev–Trinajstić information content (AvgIpc) is 3.07. The van der Waals surface area contributed by atoms with Crippen LogP contribution in [0.5, 0.6) is 0 Å². The molecule has 0 bridgehead atoms. The molecule has 0 unspecified atom stereocenters. The molecule has 4 heterocycles. The molecule has 1 aliphatic rings. The number of thiophene rings is 1. The van der Waals surface area contributed by atoms with Gasteiger partial charge in [0.1, 0.15) is 4.83 Å². The van der Waals surface area contributed by atoms with Crippen molar-refractivity contribution in [3.8, 4) is 0 Å². The van der Waals surface area contributed by atoms with E-state index < -0.39 is 0 Å². The van der Waals surface area contributed by atoms with Gasteiger partial charge in [-0.25, -0.2) is 4.98 Å². The van der Waals surface area contributed by atoms with Crippen molar-refractivity contribution in [2.45, 2.75) is 25.3 Å². The lowest BCUT2D eigenvalue weighted by Crippen LogP contribution is -2.34. The number of aromatic nitrogens is 2. The molecule has 0 N–H and O–H groups in total. The van der Waals surface area contributed by atoms with Gasteiger partial charge < -0.3 is 4.90 Å². The molecule has 1 atom stereocenters. The molecule has 5 nitrogen and oxygen atoms in total. The molecule has 3 aromatic heterocycles. The average molecular weight is 381 g/mol. The summed E-state index contributed by atoms with van der Waals surface area (Å²) in [5.74, 6) is 0.435. The molecule has 27 heavy (non-hydrogen) atoms. The number of hydrogen-bond acceptors (Lipinski definition) is 5. The predicted molar refractivity (Wildman–Crippen MR) is 109 cm³/mol. The Labute approximate surface area is 163 Å². The first kappa shape index (κ1) is 18.1. The highest BCUT2D eigenvalue weighted by molar-refractivity contribution is 7.20. The van der Waals surface area contributed by atoms with E-state index in [9.17, 15) is 4.79 Å². The van der Waals surface area contributed by atoms with Gasteiger partial charge in [0.2, 0.25) is 0 Å². The van der Waals surface area contributed by atoms with E-state index in [4.69, 9.17) is 0 Å². The molecular weight excluding hydrogens is 356 g/mol. The summed E-state index contributed by atoms with van der Waals surface area (Å²) in [5, 5.41) is 1.14. The number of carbonyl (C=O) groups excluding carboxylic acids is 1. The van der Waals surface area contributed by atoms with Gasteiger partial charge >= 0.3 is 0 Å². The van der Waals surface area contributed by atoms with Crippen LogP contribution < -0.4 is 0 Å². The summed E-state index contributed by atoms with van der Waals surface area (Å²) in [6.45, 7) is 2.95. The van der Waals surface area contributed by atoms with Gasteiger partial charge in [0.25, 0.3) is 5.91 Å². The standard InChI is InChI=1S/C21H24N4OS/c1-24(2)21(26)19-18(17-8-4-10-23-20(17)27-19)16-7-5-11-25(14-16)13-15-6-3-9-22-12-15/h3-4,6,8-10,12,16H,5,7,11,13-14H2,1-2H3/t16-/m1/s1. The largest absolute Gasteiger partial charge is 0.344 e. The molecule has 0 spiro atoms. The Bertz CT molecular complexity index is 938. The molecular formula is C21H24N4OS. The lowest BCUT2D eigenvalue weighted by Gasteiger charge is -2.33. The number of pyridine rings is 2. The van der Waals surface area contributed by atoms with Crippen LogP contribution in [0.4, 0.5) is 0 Å². The number of amides is 1. The van der Waals surface area contributed by atoms with Crippen molar-refractivity contribution < 1.29 is 4.79 Å². The van der Waals surface area contributed by atoms with Crippen LogP contribution in [0.3, 0.4) is 0 Å². The Morgan fingerprint density at radius 3 is 2.93 bits per heavy atom. The first-order valence-electron chi connectivity index (χ1n) is 9.34. The molecule has 140 valence electrons. The fourth-order valence-corrected chi connectivity index (χ4v) is 5.15. The van der Waals surface area contributed by atoms with Crippen LogP contribution in [-0.4, -0.2) is 52.9 Å². The number of piperidine rings is 1. The third kappa shape index (κ3) is 3.73. The summed E-state index contributed by atoms with van der Waals surface area (Å²) in [7, 11) is 3.64.